The van der Waals surface area contributed by atoms with Gasteiger partial charge in [-0.2, -0.15) is 0 Å². The monoisotopic (exact) mass is 312 g/mol. The molecular formula is C15H21O5P. The summed E-state index contributed by atoms with van der Waals surface area (Å²) in [5.74, 6) is -1.63. The number of ether oxygens (including phenoxy) is 1. The van der Waals surface area contributed by atoms with E-state index in [4.69, 9.17) is 13.8 Å². The summed E-state index contributed by atoms with van der Waals surface area (Å²) in [5.41, 5.74) is 0.381. The minimum atomic E-state index is -3.55. The second-order valence-corrected chi connectivity index (χ2v) is 6.17. The van der Waals surface area contributed by atoms with E-state index in [1.807, 2.05) is 0 Å². The Morgan fingerprint density at radius 1 is 1.19 bits per heavy atom. The van der Waals surface area contributed by atoms with Crippen LogP contribution in [0.4, 0.5) is 0 Å². The molecule has 1 unspecified atom stereocenters. The van der Waals surface area contributed by atoms with E-state index in [9.17, 15) is 9.36 Å². The van der Waals surface area contributed by atoms with Gasteiger partial charge >= 0.3 is 13.6 Å². The number of hydrogen-bond donors (Lipinski definition) is 0. The maximum absolute atomic E-state index is 12.7. The van der Waals surface area contributed by atoms with Crippen LogP contribution in [0, 0.1) is 0 Å². The number of rotatable bonds is 8. The van der Waals surface area contributed by atoms with Gasteiger partial charge in [0.2, 0.25) is 5.85 Å². The van der Waals surface area contributed by atoms with Crippen molar-refractivity contribution in [3.8, 4) is 0 Å². The van der Waals surface area contributed by atoms with Crippen molar-refractivity contribution in [2.24, 2.45) is 0 Å². The standard InChI is InChI=1S/C15H21O5P/c1-4-10-14(21(17,18-5-2)19-6-3)20-15(16)13-11-8-7-9-12-13/h4,7-12,14H,5-6H2,1-3H3/b10-4+. The molecule has 1 rings (SSSR count). The molecule has 5 nitrogen and oxygen atoms in total. The van der Waals surface area contributed by atoms with Gasteiger partial charge in [0.1, 0.15) is 0 Å². The number of hydrogen-bond acceptors (Lipinski definition) is 5. The van der Waals surface area contributed by atoms with Crippen LogP contribution in [0.2, 0.25) is 0 Å². The van der Waals surface area contributed by atoms with Gasteiger partial charge in [-0.05, 0) is 39.0 Å². The second kappa shape index (κ2) is 8.78. The van der Waals surface area contributed by atoms with Gasteiger partial charge in [0.25, 0.3) is 0 Å². The second-order valence-electron chi connectivity index (χ2n) is 4.06. The molecule has 6 heteroatoms. The number of allylic oxidation sites excluding steroid dienone is 1. The molecule has 0 fully saturated rings. The van der Waals surface area contributed by atoms with Crippen LogP contribution in [0.1, 0.15) is 31.1 Å². The van der Waals surface area contributed by atoms with Crippen molar-refractivity contribution < 1.29 is 23.1 Å². The zero-order valence-corrected chi connectivity index (χ0v) is 13.4. The quantitative estimate of drug-likeness (QED) is 0.412. The summed E-state index contributed by atoms with van der Waals surface area (Å²) in [4.78, 5) is 12.1. The molecule has 1 aromatic carbocycles. The molecule has 0 bridgehead atoms. The van der Waals surface area contributed by atoms with Crippen LogP contribution in [-0.2, 0) is 18.3 Å². The predicted octanol–water partition coefficient (Wildman–Crippen LogP) is 4.01. The minimum Gasteiger partial charge on any atom is -0.441 e. The molecule has 0 aliphatic heterocycles. The van der Waals surface area contributed by atoms with Crippen LogP contribution in [0.25, 0.3) is 0 Å². The van der Waals surface area contributed by atoms with E-state index < -0.39 is 19.4 Å². The molecule has 0 saturated carbocycles. The predicted molar refractivity (Wildman–Crippen MR) is 81.3 cm³/mol. The first kappa shape index (κ1) is 17.6. The van der Waals surface area contributed by atoms with Crippen LogP contribution >= 0.6 is 7.60 Å². The normalized spacial score (nSPS) is 13.3. The lowest BCUT2D eigenvalue weighted by atomic mass is 10.2. The maximum Gasteiger partial charge on any atom is 0.374 e. The largest absolute Gasteiger partial charge is 0.441 e. The zero-order chi connectivity index (χ0) is 15.7. The van der Waals surface area contributed by atoms with Gasteiger partial charge in [0, 0.05) is 0 Å². The third-order valence-corrected chi connectivity index (χ3v) is 4.66. The van der Waals surface area contributed by atoms with Gasteiger partial charge < -0.3 is 13.8 Å². The fourth-order valence-electron chi connectivity index (χ4n) is 1.67. The molecule has 0 N–H and O–H groups in total. The molecule has 116 valence electrons. The van der Waals surface area contributed by atoms with Gasteiger partial charge in [-0.1, -0.05) is 24.3 Å². The van der Waals surface area contributed by atoms with Crippen molar-refractivity contribution in [2.75, 3.05) is 13.2 Å². The highest BCUT2D eigenvalue weighted by Crippen LogP contribution is 2.54. The first-order chi connectivity index (χ1) is 10.1. The van der Waals surface area contributed by atoms with E-state index in [-0.39, 0.29) is 13.2 Å². The van der Waals surface area contributed by atoms with Crippen LogP contribution < -0.4 is 0 Å². The average Bonchev–Trinajstić information content (AvgIpc) is 2.48. The highest BCUT2D eigenvalue weighted by atomic mass is 31.2. The van der Waals surface area contributed by atoms with Crippen molar-refractivity contribution in [2.45, 2.75) is 26.6 Å². The van der Waals surface area contributed by atoms with Crippen LogP contribution in [0.3, 0.4) is 0 Å². The van der Waals surface area contributed by atoms with Crippen molar-refractivity contribution >= 4 is 13.6 Å². The Kier molecular flexibility index (Phi) is 7.37. The molecule has 0 aromatic heterocycles. The first-order valence-corrected chi connectivity index (χ1v) is 8.46. The summed E-state index contributed by atoms with van der Waals surface area (Å²) < 4.78 is 28.5. The fraction of sp³-hybridized carbons (Fsp3) is 0.400. The summed E-state index contributed by atoms with van der Waals surface area (Å²) >= 11 is 0. The lowest BCUT2D eigenvalue weighted by molar-refractivity contribution is 0.0440. The van der Waals surface area contributed by atoms with Gasteiger partial charge in [-0.25, -0.2) is 4.79 Å². The van der Waals surface area contributed by atoms with Crippen molar-refractivity contribution in [1.82, 2.24) is 0 Å². The average molecular weight is 312 g/mol. The van der Waals surface area contributed by atoms with Crippen molar-refractivity contribution in [1.29, 1.82) is 0 Å². The summed E-state index contributed by atoms with van der Waals surface area (Å²) in [5, 5.41) is 0. The van der Waals surface area contributed by atoms with E-state index in [0.29, 0.717) is 5.56 Å². The Morgan fingerprint density at radius 3 is 2.24 bits per heavy atom. The van der Waals surface area contributed by atoms with Crippen molar-refractivity contribution in [3.05, 3.63) is 48.0 Å². The summed E-state index contributed by atoms with van der Waals surface area (Å²) in [6.07, 6.45) is 3.15. The maximum atomic E-state index is 12.7. The number of carbonyl (C=O) groups excluding carboxylic acids is 1. The van der Waals surface area contributed by atoms with E-state index in [1.165, 1.54) is 6.08 Å². The highest BCUT2D eigenvalue weighted by Gasteiger charge is 2.37. The minimum absolute atomic E-state index is 0.203. The molecule has 0 aliphatic rings. The van der Waals surface area contributed by atoms with E-state index >= 15 is 0 Å². The third kappa shape index (κ3) is 5.12. The fourth-order valence-corrected chi connectivity index (χ4v) is 3.37. The lowest BCUT2D eigenvalue weighted by Crippen LogP contribution is -2.19. The highest BCUT2D eigenvalue weighted by molar-refractivity contribution is 7.54. The molecular weight excluding hydrogens is 291 g/mol. The molecule has 0 amide bonds. The van der Waals surface area contributed by atoms with E-state index in [1.54, 1.807) is 57.2 Å². The van der Waals surface area contributed by atoms with Gasteiger partial charge in [0.05, 0.1) is 18.8 Å². The third-order valence-electron chi connectivity index (χ3n) is 2.52. The SMILES string of the molecule is C/C=C/C(OC(=O)c1ccccc1)P(=O)(OCC)OCC. The Morgan fingerprint density at radius 2 is 1.76 bits per heavy atom. The summed E-state index contributed by atoms with van der Waals surface area (Å²) in [6.45, 7) is 5.56. The van der Waals surface area contributed by atoms with Crippen LogP contribution in [-0.4, -0.2) is 25.0 Å². The van der Waals surface area contributed by atoms with Gasteiger partial charge in [-0.15, -0.1) is 0 Å². The van der Waals surface area contributed by atoms with Crippen LogP contribution in [0.5, 0.6) is 0 Å². The van der Waals surface area contributed by atoms with Gasteiger partial charge in [-0.3, -0.25) is 4.57 Å². The molecule has 0 aliphatic carbocycles. The Bertz CT molecular complexity index is 502. The van der Waals surface area contributed by atoms with Gasteiger partial charge in [0.15, 0.2) is 0 Å². The molecule has 1 atom stereocenters. The Labute approximate surface area is 125 Å². The molecule has 21 heavy (non-hydrogen) atoms. The number of esters is 1. The van der Waals surface area contributed by atoms with Crippen LogP contribution in [0.15, 0.2) is 42.5 Å². The molecule has 0 spiro atoms. The number of carbonyl (C=O) groups is 1. The number of benzene rings is 1. The Hall–Kier alpha value is -1.42. The lowest BCUT2D eigenvalue weighted by Gasteiger charge is -2.23. The molecule has 1 aromatic rings. The molecule has 0 heterocycles. The van der Waals surface area contributed by atoms with Crippen molar-refractivity contribution in [3.63, 3.8) is 0 Å². The molecule has 0 radical (unpaired) electrons. The Balaban J connectivity index is 2.95. The van der Waals surface area contributed by atoms with E-state index in [0.717, 1.165) is 0 Å². The smallest absolute Gasteiger partial charge is 0.374 e. The van der Waals surface area contributed by atoms with E-state index in [2.05, 4.69) is 0 Å². The summed E-state index contributed by atoms with van der Waals surface area (Å²) in [7, 11) is -3.55. The topological polar surface area (TPSA) is 61.8 Å². The summed E-state index contributed by atoms with van der Waals surface area (Å²) in [6, 6.07) is 8.51. The first-order valence-electron chi connectivity index (χ1n) is 6.85. The zero-order valence-electron chi connectivity index (χ0n) is 12.5. The molecule has 0 saturated heterocycles.